The molecule has 0 aliphatic carbocycles. The van der Waals surface area contributed by atoms with Crippen molar-refractivity contribution in [3.05, 3.63) is 63.4 Å². The van der Waals surface area contributed by atoms with Crippen LogP contribution in [0.4, 0.5) is 5.69 Å². The fourth-order valence-electron chi connectivity index (χ4n) is 1.94. The van der Waals surface area contributed by atoms with Crippen molar-refractivity contribution in [3.63, 3.8) is 0 Å². The van der Waals surface area contributed by atoms with E-state index in [2.05, 4.69) is 20.9 Å². The van der Waals surface area contributed by atoms with Crippen LogP contribution >= 0.6 is 27.3 Å². The number of thiazole rings is 1. The molecule has 0 bridgehead atoms. The van der Waals surface area contributed by atoms with Gasteiger partial charge in [0.2, 0.25) is 0 Å². The second-order valence-corrected chi connectivity index (χ2v) is 6.18. The first-order valence-electron chi connectivity index (χ1n) is 6.38. The molecule has 1 heterocycles. The third-order valence-corrected chi connectivity index (χ3v) is 4.16. The third-order valence-electron chi connectivity index (χ3n) is 3.05. The maximum absolute atomic E-state index is 6.06. The Morgan fingerprint density at radius 2 is 1.95 bits per heavy atom. The Hall–Kier alpha value is -1.85. The van der Waals surface area contributed by atoms with Gasteiger partial charge >= 0.3 is 0 Å². The van der Waals surface area contributed by atoms with Crippen LogP contribution in [0.2, 0.25) is 0 Å². The highest BCUT2D eigenvalue weighted by molar-refractivity contribution is 9.10. The van der Waals surface area contributed by atoms with Gasteiger partial charge in [0.05, 0.1) is 16.9 Å². The lowest BCUT2D eigenvalue weighted by molar-refractivity contribution is 0.308. The number of nitrogens with zero attached hydrogens (tertiary/aromatic N) is 1. The van der Waals surface area contributed by atoms with Gasteiger partial charge in [0, 0.05) is 15.4 Å². The minimum atomic E-state index is 0.494. The number of hydrogen-bond donors (Lipinski definition) is 1. The summed E-state index contributed by atoms with van der Waals surface area (Å²) in [4.78, 5) is 4.28. The molecule has 0 atom stereocenters. The van der Waals surface area contributed by atoms with Gasteiger partial charge in [0.25, 0.3) is 0 Å². The Balaban J connectivity index is 1.73. The Labute approximate surface area is 135 Å². The predicted molar refractivity (Wildman–Crippen MR) is 90.4 cm³/mol. The van der Waals surface area contributed by atoms with Gasteiger partial charge in [-0.05, 0) is 35.9 Å². The zero-order valence-electron chi connectivity index (χ0n) is 11.1. The van der Waals surface area contributed by atoms with Crippen molar-refractivity contribution in [1.29, 1.82) is 0 Å². The highest BCUT2D eigenvalue weighted by atomic mass is 79.9. The summed E-state index contributed by atoms with van der Waals surface area (Å²) in [6, 6.07) is 13.8. The lowest BCUT2D eigenvalue weighted by Gasteiger charge is -2.10. The third kappa shape index (κ3) is 3.43. The van der Waals surface area contributed by atoms with Gasteiger partial charge in [-0.15, -0.1) is 11.3 Å². The number of ether oxygens (including phenoxy) is 1. The number of benzene rings is 2. The molecule has 0 saturated carbocycles. The van der Waals surface area contributed by atoms with Gasteiger partial charge in [-0.3, -0.25) is 0 Å². The number of rotatable bonds is 4. The van der Waals surface area contributed by atoms with Crippen molar-refractivity contribution < 1.29 is 4.74 Å². The van der Waals surface area contributed by atoms with E-state index < -0.39 is 0 Å². The van der Waals surface area contributed by atoms with Crippen molar-refractivity contribution >= 4 is 33.0 Å². The molecule has 0 spiro atoms. The number of halogens is 1. The molecule has 0 amide bonds. The van der Waals surface area contributed by atoms with E-state index >= 15 is 0 Å². The molecule has 2 aromatic carbocycles. The molecule has 3 rings (SSSR count). The van der Waals surface area contributed by atoms with Crippen molar-refractivity contribution in [3.8, 4) is 17.0 Å². The number of hydrogen-bond acceptors (Lipinski definition) is 4. The highest BCUT2D eigenvalue weighted by Crippen LogP contribution is 2.29. The monoisotopic (exact) mass is 360 g/mol. The summed E-state index contributed by atoms with van der Waals surface area (Å²) in [5.41, 5.74) is 11.5. The standard InChI is InChI=1S/C16H13BrN2OS/c17-13-4-1-11(2-5-13)8-20-16-6-3-12(7-14(16)18)15-9-21-10-19-15/h1-7,9-10H,8,18H2. The summed E-state index contributed by atoms with van der Waals surface area (Å²) < 4.78 is 6.83. The maximum Gasteiger partial charge on any atom is 0.142 e. The zero-order valence-corrected chi connectivity index (χ0v) is 13.5. The number of aromatic nitrogens is 1. The minimum absolute atomic E-state index is 0.494. The van der Waals surface area contributed by atoms with Crippen molar-refractivity contribution in [2.24, 2.45) is 0 Å². The van der Waals surface area contributed by atoms with E-state index in [1.165, 1.54) is 0 Å². The molecule has 1 aromatic heterocycles. The fraction of sp³-hybridized carbons (Fsp3) is 0.0625. The second kappa shape index (κ2) is 6.28. The largest absolute Gasteiger partial charge is 0.487 e. The minimum Gasteiger partial charge on any atom is -0.487 e. The first-order valence-corrected chi connectivity index (χ1v) is 8.11. The summed E-state index contributed by atoms with van der Waals surface area (Å²) in [7, 11) is 0. The topological polar surface area (TPSA) is 48.1 Å². The van der Waals surface area contributed by atoms with Gasteiger partial charge in [0.15, 0.2) is 0 Å². The van der Waals surface area contributed by atoms with Gasteiger partial charge in [0.1, 0.15) is 12.4 Å². The van der Waals surface area contributed by atoms with Crippen LogP contribution in [0.5, 0.6) is 5.75 Å². The molecule has 0 fully saturated rings. The first kappa shape index (κ1) is 14.1. The predicted octanol–water partition coefficient (Wildman–Crippen LogP) is 4.73. The average molecular weight is 361 g/mol. The van der Waals surface area contributed by atoms with Gasteiger partial charge in [-0.1, -0.05) is 28.1 Å². The van der Waals surface area contributed by atoms with Gasteiger partial charge in [-0.25, -0.2) is 4.98 Å². The molecular weight excluding hydrogens is 348 g/mol. The van der Waals surface area contributed by atoms with E-state index in [9.17, 15) is 0 Å². The van der Waals surface area contributed by atoms with Crippen LogP contribution in [0.25, 0.3) is 11.3 Å². The lowest BCUT2D eigenvalue weighted by atomic mass is 10.1. The highest BCUT2D eigenvalue weighted by Gasteiger charge is 2.05. The van der Waals surface area contributed by atoms with Crippen LogP contribution < -0.4 is 10.5 Å². The summed E-state index contributed by atoms with van der Waals surface area (Å²) in [5.74, 6) is 0.692. The molecular formula is C16H13BrN2OS. The quantitative estimate of drug-likeness (QED) is 0.683. The van der Waals surface area contributed by atoms with E-state index in [0.717, 1.165) is 21.3 Å². The van der Waals surface area contributed by atoms with E-state index in [-0.39, 0.29) is 0 Å². The molecule has 0 radical (unpaired) electrons. The molecule has 21 heavy (non-hydrogen) atoms. The van der Waals surface area contributed by atoms with Gasteiger partial charge in [-0.2, -0.15) is 0 Å². The summed E-state index contributed by atoms with van der Waals surface area (Å²) in [5, 5.41) is 2.00. The van der Waals surface area contributed by atoms with E-state index in [0.29, 0.717) is 18.0 Å². The van der Waals surface area contributed by atoms with Crippen LogP contribution in [0.15, 0.2) is 57.8 Å². The fourth-order valence-corrected chi connectivity index (χ4v) is 2.76. The molecule has 106 valence electrons. The van der Waals surface area contributed by atoms with Crippen LogP contribution in [0.1, 0.15) is 5.56 Å². The van der Waals surface area contributed by atoms with E-state index in [1.807, 2.05) is 53.4 Å². The normalized spacial score (nSPS) is 10.5. The Bertz CT molecular complexity index is 727. The number of anilines is 1. The van der Waals surface area contributed by atoms with Crippen molar-refractivity contribution in [2.75, 3.05) is 5.73 Å². The zero-order chi connectivity index (χ0) is 14.7. The molecule has 5 heteroatoms. The van der Waals surface area contributed by atoms with E-state index in [1.54, 1.807) is 11.3 Å². The van der Waals surface area contributed by atoms with Crippen LogP contribution in [-0.2, 0) is 6.61 Å². The average Bonchev–Trinajstić information content (AvgIpc) is 3.02. The maximum atomic E-state index is 6.06. The molecule has 0 aliphatic rings. The first-order chi connectivity index (χ1) is 10.2. The summed E-state index contributed by atoms with van der Waals surface area (Å²) >= 11 is 4.98. The van der Waals surface area contributed by atoms with E-state index in [4.69, 9.17) is 10.5 Å². The Kier molecular flexibility index (Phi) is 4.22. The second-order valence-electron chi connectivity index (χ2n) is 4.54. The smallest absolute Gasteiger partial charge is 0.142 e. The molecule has 3 nitrogen and oxygen atoms in total. The molecule has 0 unspecified atom stereocenters. The van der Waals surface area contributed by atoms with Crippen LogP contribution in [-0.4, -0.2) is 4.98 Å². The Morgan fingerprint density at radius 3 is 2.62 bits per heavy atom. The number of nitrogens with two attached hydrogens (primary N) is 1. The molecule has 3 aromatic rings. The SMILES string of the molecule is Nc1cc(-c2cscn2)ccc1OCc1ccc(Br)cc1. The lowest BCUT2D eigenvalue weighted by Crippen LogP contribution is -1.99. The van der Waals surface area contributed by atoms with Crippen molar-refractivity contribution in [1.82, 2.24) is 4.98 Å². The summed E-state index contributed by atoms with van der Waals surface area (Å²) in [6.45, 7) is 0.494. The molecule has 2 N–H and O–H groups in total. The van der Waals surface area contributed by atoms with Crippen LogP contribution in [0.3, 0.4) is 0 Å². The van der Waals surface area contributed by atoms with Crippen molar-refractivity contribution in [2.45, 2.75) is 6.61 Å². The molecule has 0 saturated heterocycles. The van der Waals surface area contributed by atoms with Gasteiger partial charge < -0.3 is 10.5 Å². The number of nitrogen functional groups attached to an aromatic ring is 1. The van der Waals surface area contributed by atoms with Crippen LogP contribution in [0, 0.1) is 0 Å². The summed E-state index contributed by atoms with van der Waals surface area (Å²) in [6.07, 6.45) is 0. The Morgan fingerprint density at radius 1 is 1.14 bits per heavy atom. The molecule has 0 aliphatic heterocycles.